The van der Waals surface area contributed by atoms with Crippen LogP contribution in [-0.2, 0) is 14.3 Å². The molecule has 0 aromatic rings. The first-order chi connectivity index (χ1) is 11.4. The summed E-state index contributed by atoms with van der Waals surface area (Å²) >= 11 is 0. The van der Waals surface area contributed by atoms with E-state index in [0.717, 1.165) is 0 Å². The summed E-state index contributed by atoms with van der Waals surface area (Å²) in [6.45, 7) is 0. The summed E-state index contributed by atoms with van der Waals surface area (Å²) in [7, 11) is -0.158. The fourth-order valence-electron chi connectivity index (χ4n) is 1.15. The van der Waals surface area contributed by atoms with E-state index in [1.54, 1.807) is 4.74 Å². The Morgan fingerprint density at radius 2 is 0.963 bits per heavy atom. The second kappa shape index (κ2) is 6.47. The summed E-state index contributed by atoms with van der Waals surface area (Å²) < 4.78 is 193. The van der Waals surface area contributed by atoms with Crippen molar-refractivity contribution in [2.45, 2.75) is 42.1 Å². The molecule has 27 heavy (non-hydrogen) atoms. The Morgan fingerprint density at radius 1 is 0.593 bits per heavy atom. The molecule has 0 saturated carbocycles. The van der Waals surface area contributed by atoms with Gasteiger partial charge in [0.1, 0.15) is 0 Å². The van der Waals surface area contributed by atoms with Gasteiger partial charge in [0.15, 0.2) is 0 Å². The van der Waals surface area contributed by atoms with Crippen molar-refractivity contribution < 1.29 is 80.1 Å². The van der Waals surface area contributed by atoms with Gasteiger partial charge in [0, 0.05) is 0 Å². The summed E-state index contributed by atoms with van der Waals surface area (Å²) in [5, 5.41) is 0. The molecule has 1 atom stereocenters. The van der Waals surface area contributed by atoms with Gasteiger partial charge in [-0.15, -0.1) is 0 Å². The van der Waals surface area contributed by atoms with Crippen LogP contribution in [0, 0.1) is 0 Å². The summed E-state index contributed by atoms with van der Waals surface area (Å²) in [5.74, 6) is -34.5. The number of carbonyl (C=O) groups excluding carboxylic acids is 1. The third-order valence-corrected chi connectivity index (χ3v) is 2.59. The maximum absolute atomic E-state index is 13.3. The Bertz CT molecular complexity index is 562. The molecule has 0 aliphatic rings. The first kappa shape index (κ1) is 25.4. The van der Waals surface area contributed by atoms with Gasteiger partial charge in [-0.05, 0) is 0 Å². The van der Waals surface area contributed by atoms with Crippen LogP contribution < -0.4 is 0 Å². The lowest BCUT2D eigenvalue weighted by Crippen LogP contribution is -2.69. The standard InChI is InChI=1S/C9H3F15O3/c1-26-2(25)3(10,7(17,18)19)27-9(23,24)6(15,16)4(11,12)5(13,14)8(20,21)22/h1H3. The van der Waals surface area contributed by atoms with Crippen LogP contribution in [0.15, 0.2) is 0 Å². The van der Waals surface area contributed by atoms with E-state index < -0.39 is 48.1 Å². The molecule has 18 heteroatoms. The Labute approximate surface area is 137 Å². The van der Waals surface area contributed by atoms with E-state index in [-0.39, 0.29) is 7.11 Å². The van der Waals surface area contributed by atoms with Crippen molar-refractivity contribution in [1.82, 2.24) is 0 Å². The van der Waals surface area contributed by atoms with Crippen LogP contribution in [0.1, 0.15) is 0 Å². The van der Waals surface area contributed by atoms with Crippen LogP contribution in [0.2, 0.25) is 0 Å². The van der Waals surface area contributed by atoms with Gasteiger partial charge in [-0.25, -0.2) is 4.79 Å². The highest BCUT2D eigenvalue weighted by molar-refractivity contribution is 5.78. The van der Waals surface area contributed by atoms with Gasteiger partial charge in [0.25, 0.3) is 0 Å². The highest BCUT2D eigenvalue weighted by Gasteiger charge is 2.89. The molecule has 162 valence electrons. The van der Waals surface area contributed by atoms with Crippen molar-refractivity contribution in [2.24, 2.45) is 0 Å². The molecule has 0 saturated heterocycles. The van der Waals surface area contributed by atoms with Crippen LogP contribution in [0.4, 0.5) is 65.9 Å². The highest BCUT2D eigenvalue weighted by atomic mass is 19.4. The van der Waals surface area contributed by atoms with Gasteiger partial charge < -0.3 is 4.74 Å². The topological polar surface area (TPSA) is 35.5 Å². The zero-order valence-corrected chi connectivity index (χ0v) is 11.9. The van der Waals surface area contributed by atoms with E-state index in [0.29, 0.717) is 0 Å². The lowest BCUT2D eigenvalue weighted by atomic mass is 10.0. The smallest absolute Gasteiger partial charge is 0.460 e. The largest absolute Gasteiger partial charge is 0.465 e. The molecule has 0 fully saturated rings. The van der Waals surface area contributed by atoms with E-state index in [1.807, 2.05) is 0 Å². The SMILES string of the molecule is COC(=O)C(F)(OC(F)(F)C(F)(F)C(F)(F)C(F)(F)C(F)(F)F)C(F)(F)F. The molecule has 3 nitrogen and oxygen atoms in total. The number of carbonyl (C=O) groups is 1. The Kier molecular flexibility index (Phi) is 6.08. The zero-order valence-electron chi connectivity index (χ0n) is 11.9. The van der Waals surface area contributed by atoms with Gasteiger partial charge in [-0.1, -0.05) is 0 Å². The Hall–Kier alpha value is -1.62. The van der Waals surface area contributed by atoms with Crippen LogP contribution in [0.5, 0.6) is 0 Å². The molecule has 0 aromatic heterocycles. The molecule has 1 unspecified atom stereocenters. The van der Waals surface area contributed by atoms with Crippen molar-refractivity contribution in [3.05, 3.63) is 0 Å². The number of hydrogen-bond acceptors (Lipinski definition) is 3. The molecule has 0 amide bonds. The van der Waals surface area contributed by atoms with Crippen LogP contribution in [0.3, 0.4) is 0 Å². The molecule has 0 N–H and O–H groups in total. The second-order valence-corrected chi connectivity index (χ2v) is 4.42. The predicted octanol–water partition coefficient (Wildman–Crippen LogP) is 4.47. The fraction of sp³-hybridized carbons (Fsp3) is 0.889. The van der Waals surface area contributed by atoms with Crippen molar-refractivity contribution >= 4 is 5.97 Å². The molecule has 0 aliphatic heterocycles. The Morgan fingerprint density at radius 3 is 1.22 bits per heavy atom. The predicted molar refractivity (Wildman–Crippen MR) is 48.8 cm³/mol. The van der Waals surface area contributed by atoms with Crippen LogP contribution >= 0.6 is 0 Å². The number of rotatable bonds is 6. The number of hydrogen-bond donors (Lipinski definition) is 0. The zero-order chi connectivity index (χ0) is 22.5. The monoisotopic (exact) mass is 444 g/mol. The van der Waals surface area contributed by atoms with Crippen LogP contribution in [0.25, 0.3) is 0 Å². The molecule has 0 heterocycles. The summed E-state index contributed by atoms with van der Waals surface area (Å²) in [5.41, 5.74) is 0. The van der Waals surface area contributed by atoms with Crippen molar-refractivity contribution in [3.63, 3.8) is 0 Å². The number of esters is 1. The minimum atomic E-state index is -8.16. The number of ether oxygens (including phenoxy) is 2. The number of halogens is 15. The van der Waals surface area contributed by atoms with Crippen LogP contribution in [-0.4, -0.2) is 55.2 Å². The van der Waals surface area contributed by atoms with Gasteiger partial charge in [0.2, 0.25) is 0 Å². The normalized spacial score (nSPS) is 17.5. The van der Waals surface area contributed by atoms with E-state index in [4.69, 9.17) is 0 Å². The lowest BCUT2D eigenvalue weighted by molar-refractivity contribution is -0.488. The van der Waals surface area contributed by atoms with Gasteiger partial charge >= 0.3 is 48.1 Å². The molecule has 0 spiro atoms. The minimum Gasteiger partial charge on any atom is -0.465 e. The average molecular weight is 444 g/mol. The number of methoxy groups -OCH3 is 1. The first-order valence-electron chi connectivity index (χ1n) is 5.56. The maximum Gasteiger partial charge on any atom is 0.460 e. The van der Waals surface area contributed by atoms with Gasteiger partial charge in [-0.2, -0.15) is 65.9 Å². The van der Waals surface area contributed by atoms with E-state index in [2.05, 4.69) is 4.74 Å². The molecule has 0 aliphatic carbocycles. The summed E-state index contributed by atoms with van der Waals surface area (Å²) in [6, 6.07) is 0. The molecule has 0 aromatic carbocycles. The number of alkyl halides is 15. The molecule has 0 bridgehead atoms. The van der Waals surface area contributed by atoms with Gasteiger partial charge in [0.05, 0.1) is 7.11 Å². The molecular weight excluding hydrogens is 441 g/mol. The van der Waals surface area contributed by atoms with E-state index >= 15 is 0 Å². The van der Waals surface area contributed by atoms with E-state index in [1.165, 1.54) is 0 Å². The third-order valence-electron chi connectivity index (χ3n) is 2.59. The maximum atomic E-state index is 13.3. The van der Waals surface area contributed by atoms with Crippen molar-refractivity contribution in [2.75, 3.05) is 7.11 Å². The fourth-order valence-corrected chi connectivity index (χ4v) is 1.15. The second-order valence-electron chi connectivity index (χ2n) is 4.42. The highest BCUT2D eigenvalue weighted by Crippen LogP contribution is 2.58. The molecule has 0 rings (SSSR count). The van der Waals surface area contributed by atoms with Crippen molar-refractivity contribution in [1.29, 1.82) is 0 Å². The summed E-state index contributed by atoms with van der Waals surface area (Å²) in [4.78, 5) is 10.6. The Balaban J connectivity index is 6.37. The van der Waals surface area contributed by atoms with Crippen molar-refractivity contribution in [3.8, 4) is 0 Å². The molecular formula is C9H3F15O3. The molecule has 0 radical (unpaired) electrons. The summed E-state index contributed by atoms with van der Waals surface area (Å²) in [6.07, 6.45) is -22.4. The van der Waals surface area contributed by atoms with E-state index in [9.17, 15) is 70.7 Å². The quantitative estimate of drug-likeness (QED) is 0.449. The van der Waals surface area contributed by atoms with Gasteiger partial charge in [-0.3, -0.25) is 4.74 Å². The third kappa shape index (κ3) is 3.71. The lowest BCUT2D eigenvalue weighted by Gasteiger charge is -2.38. The first-order valence-corrected chi connectivity index (χ1v) is 5.56. The minimum absolute atomic E-state index is 0.158. The average Bonchev–Trinajstić information content (AvgIpc) is 2.42.